The second kappa shape index (κ2) is 9.65. The lowest BCUT2D eigenvalue weighted by molar-refractivity contribution is 0.279. The van der Waals surface area contributed by atoms with E-state index in [0.29, 0.717) is 5.92 Å². The summed E-state index contributed by atoms with van der Waals surface area (Å²) < 4.78 is 5.82. The number of hydrogen-bond donors (Lipinski definition) is 1. The van der Waals surface area contributed by atoms with E-state index < -0.39 is 0 Å². The van der Waals surface area contributed by atoms with Gasteiger partial charge in [-0.25, -0.2) is 0 Å². The van der Waals surface area contributed by atoms with Crippen LogP contribution in [0.25, 0.3) is 0 Å². The molecule has 0 aliphatic carbocycles. The number of rotatable bonds is 10. The Hall–Kier alpha value is -1.32. The van der Waals surface area contributed by atoms with E-state index in [4.69, 9.17) is 9.84 Å². The molecule has 1 unspecified atom stereocenters. The fraction of sp³-hybridized carbons (Fsp3) is 0.474. The SMILES string of the molecule is CCC(CCCO)c1ccc(OCCCc2cccs2)cc1. The van der Waals surface area contributed by atoms with Gasteiger partial charge in [0.15, 0.2) is 0 Å². The van der Waals surface area contributed by atoms with Crippen molar-refractivity contribution in [3.05, 3.63) is 52.2 Å². The Kier molecular flexibility index (Phi) is 7.47. The third-order valence-electron chi connectivity index (χ3n) is 3.97. The van der Waals surface area contributed by atoms with Gasteiger partial charge in [-0.05, 0) is 67.2 Å². The second-order valence-corrected chi connectivity index (χ2v) is 6.60. The summed E-state index contributed by atoms with van der Waals surface area (Å²) in [5, 5.41) is 11.1. The zero-order valence-electron chi connectivity index (χ0n) is 13.3. The second-order valence-electron chi connectivity index (χ2n) is 5.57. The lowest BCUT2D eigenvalue weighted by atomic mass is 9.92. The molecule has 0 radical (unpaired) electrons. The van der Waals surface area contributed by atoms with Gasteiger partial charge in [0.05, 0.1) is 6.61 Å². The number of hydrogen-bond acceptors (Lipinski definition) is 3. The van der Waals surface area contributed by atoms with Crippen LogP contribution in [0.3, 0.4) is 0 Å². The van der Waals surface area contributed by atoms with E-state index in [0.717, 1.165) is 44.5 Å². The van der Waals surface area contributed by atoms with Crippen molar-refractivity contribution in [1.29, 1.82) is 0 Å². The van der Waals surface area contributed by atoms with Gasteiger partial charge in [-0.15, -0.1) is 11.3 Å². The summed E-state index contributed by atoms with van der Waals surface area (Å²) >= 11 is 1.81. The molecule has 120 valence electrons. The average Bonchev–Trinajstić information content (AvgIpc) is 3.07. The molecule has 0 spiro atoms. The molecule has 2 aromatic rings. The number of thiophene rings is 1. The summed E-state index contributed by atoms with van der Waals surface area (Å²) in [4.78, 5) is 1.42. The molecule has 1 aromatic carbocycles. The third kappa shape index (κ3) is 5.47. The molecule has 0 aliphatic heterocycles. The molecule has 0 saturated heterocycles. The van der Waals surface area contributed by atoms with E-state index in [9.17, 15) is 0 Å². The Bertz CT molecular complexity index is 505. The van der Waals surface area contributed by atoms with Crippen molar-refractivity contribution >= 4 is 11.3 Å². The molecule has 0 saturated carbocycles. The van der Waals surface area contributed by atoms with Gasteiger partial charge >= 0.3 is 0 Å². The molecule has 1 aromatic heterocycles. The summed E-state index contributed by atoms with van der Waals surface area (Å²) in [7, 11) is 0. The van der Waals surface area contributed by atoms with Crippen LogP contribution in [0.1, 0.15) is 49.0 Å². The molecule has 22 heavy (non-hydrogen) atoms. The molecular weight excluding hydrogens is 292 g/mol. The highest BCUT2D eigenvalue weighted by atomic mass is 32.1. The lowest BCUT2D eigenvalue weighted by Gasteiger charge is -2.15. The maximum absolute atomic E-state index is 8.97. The molecule has 0 aliphatic rings. The zero-order valence-corrected chi connectivity index (χ0v) is 14.1. The van der Waals surface area contributed by atoms with Crippen molar-refractivity contribution in [3.63, 3.8) is 0 Å². The monoisotopic (exact) mass is 318 g/mol. The van der Waals surface area contributed by atoms with Crippen LogP contribution in [0.2, 0.25) is 0 Å². The number of benzene rings is 1. The van der Waals surface area contributed by atoms with Crippen molar-refractivity contribution < 1.29 is 9.84 Å². The Balaban J connectivity index is 1.75. The smallest absolute Gasteiger partial charge is 0.119 e. The van der Waals surface area contributed by atoms with Crippen LogP contribution in [-0.4, -0.2) is 18.3 Å². The molecule has 2 nitrogen and oxygen atoms in total. The van der Waals surface area contributed by atoms with Gasteiger partial charge in [-0.2, -0.15) is 0 Å². The fourth-order valence-corrected chi connectivity index (χ4v) is 3.42. The Morgan fingerprint density at radius 1 is 1.14 bits per heavy atom. The zero-order chi connectivity index (χ0) is 15.6. The maximum atomic E-state index is 8.97. The summed E-state index contributed by atoms with van der Waals surface area (Å²) in [5.74, 6) is 1.49. The van der Waals surface area contributed by atoms with Gasteiger partial charge in [0.2, 0.25) is 0 Å². The summed E-state index contributed by atoms with van der Waals surface area (Å²) in [6.07, 6.45) is 5.18. The van der Waals surface area contributed by atoms with Crippen LogP contribution in [0.15, 0.2) is 41.8 Å². The van der Waals surface area contributed by atoms with Crippen LogP contribution >= 0.6 is 11.3 Å². The van der Waals surface area contributed by atoms with Gasteiger partial charge in [0.1, 0.15) is 5.75 Å². The average molecular weight is 318 g/mol. The van der Waals surface area contributed by atoms with Crippen LogP contribution in [0, 0.1) is 0 Å². The summed E-state index contributed by atoms with van der Waals surface area (Å²) in [6, 6.07) is 12.8. The van der Waals surface area contributed by atoms with Crippen LogP contribution < -0.4 is 4.74 Å². The summed E-state index contributed by atoms with van der Waals surface area (Å²) in [6.45, 7) is 3.25. The topological polar surface area (TPSA) is 29.5 Å². The number of aliphatic hydroxyl groups excluding tert-OH is 1. The first-order valence-electron chi connectivity index (χ1n) is 8.19. The van der Waals surface area contributed by atoms with Crippen LogP contribution in [0.4, 0.5) is 0 Å². The van der Waals surface area contributed by atoms with Gasteiger partial charge in [-0.3, -0.25) is 0 Å². The number of aliphatic hydroxyl groups is 1. The first-order chi connectivity index (χ1) is 10.8. The van der Waals surface area contributed by atoms with Crippen molar-refractivity contribution in [2.45, 2.75) is 44.9 Å². The van der Waals surface area contributed by atoms with E-state index in [1.807, 2.05) is 11.3 Å². The predicted octanol–water partition coefficient (Wildman–Crippen LogP) is 5.03. The minimum atomic E-state index is 0.280. The molecule has 1 heterocycles. The van der Waals surface area contributed by atoms with E-state index in [1.54, 1.807) is 0 Å². The third-order valence-corrected chi connectivity index (χ3v) is 4.91. The lowest BCUT2D eigenvalue weighted by Crippen LogP contribution is -2.01. The van der Waals surface area contributed by atoms with E-state index >= 15 is 0 Å². The van der Waals surface area contributed by atoms with Crippen LogP contribution in [-0.2, 0) is 6.42 Å². The van der Waals surface area contributed by atoms with Crippen molar-refractivity contribution in [1.82, 2.24) is 0 Å². The molecule has 1 N–H and O–H groups in total. The first kappa shape index (κ1) is 17.0. The van der Waals surface area contributed by atoms with E-state index in [1.165, 1.54) is 10.4 Å². The normalized spacial score (nSPS) is 12.3. The Morgan fingerprint density at radius 3 is 2.59 bits per heavy atom. The molecule has 0 amide bonds. The Labute approximate surface area is 137 Å². The van der Waals surface area contributed by atoms with Crippen molar-refractivity contribution in [3.8, 4) is 5.75 Å². The first-order valence-corrected chi connectivity index (χ1v) is 9.07. The quantitative estimate of drug-likeness (QED) is 0.623. The van der Waals surface area contributed by atoms with Gasteiger partial charge in [0, 0.05) is 11.5 Å². The number of ether oxygens (including phenoxy) is 1. The van der Waals surface area contributed by atoms with Crippen molar-refractivity contribution in [2.75, 3.05) is 13.2 Å². The highest BCUT2D eigenvalue weighted by Gasteiger charge is 2.09. The molecule has 0 bridgehead atoms. The van der Waals surface area contributed by atoms with Crippen LogP contribution in [0.5, 0.6) is 5.75 Å². The van der Waals surface area contributed by atoms with E-state index in [-0.39, 0.29) is 6.61 Å². The minimum Gasteiger partial charge on any atom is -0.494 e. The maximum Gasteiger partial charge on any atom is 0.119 e. The van der Waals surface area contributed by atoms with Gasteiger partial charge in [0.25, 0.3) is 0 Å². The standard InChI is InChI=1S/C19H26O2S/c1-2-16(6-3-13-20)17-9-11-18(12-10-17)21-14-4-7-19-8-5-15-22-19/h5,8-12,15-16,20H,2-4,6-7,13-14H2,1H3. The fourth-order valence-electron chi connectivity index (χ4n) is 2.67. The Morgan fingerprint density at radius 2 is 1.95 bits per heavy atom. The number of aryl methyl sites for hydroxylation is 1. The molecule has 0 fully saturated rings. The van der Waals surface area contributed by atoms with E-state index in [2.05, 4.69) is 48.7 Å². The highest BCUT2D eigenvalue weighted by molar-refractivity contribution is 7.09. The molecular formula is C19H26O2S. The van der Waals surface area contributed by atoms with Crippen molar-refractivity contribution in [2.24, 2.45) is 0 Å². The van der Waals surface area contributed by atoms with Gasteiger partial charge in [-0.1, -0.05) is 25.1 Å². The highest BCUT2D eigenvalue weighted by Crippen LogP contribution is 2.26. The molecule has 3 heteroatoms. The minimum absolute atomic E-state index is 0.280. The van der Waals surface area contributed by atoms with Gasteiger partial charge < -0.3 is 9.84 Å². The summed E-state index contributed by atoms with van der Waals surface area (Å²) in [5.41, 5.74) is 1.35. The molecule has 2 rings (SSSR count). The predicted molar refractivity (Wildman–Crippen MR) is 93.9 cm³/mol. The largest absolute Gasteiger partial charge is 0.494 e. The molecule has 1 atom stereocenters.